The van der Waals surface area contributed by atoms with Gasteiger partial charge in [-0.15, -0.1) is 0 Å². The smallest absolute Gasteiger partial charge is 0.288 e. The molecule has 2 rings (SSSR count). The zero-order valence-corrected chi connectivity index (χ0v) is 10.1. The van der Waals surface area contributed by atoms with Crippen LogP contribution in [-0.4, -0.2) is 16.0 Å². The third-order valence-electron chi connectivity index (χ3n) is 2.44. The van der Waals surface area contributed by atoms with Crippen LogP contribution in [0.4, 0.5) is 0 Å². The van der Waals surface area contributed by atoms with Crippen molar-refractivity contribution in [2.75, 3.05) is 0 Å². The Morgan fingerprint density at radius 3 is 2.47 bits per heavy atom. The number of rotatable bonds is 4. The van der Waals surface area contributed by atoms with Crippen molar-refractivity contribution in [3.63, 3.8) is 0 Å². The first-order valence-electron chi connectivity index (χ1n) is 5.62. The highest BCUT2D eigenvalue weighted by molar-refractivity contribution is 5.92. The zero-order valence-electron chi connectivity index (χ0n) is 10.1. The average Bonchev–Trinajstić information content (AvgIpc) is 2.46. The number of nitrogens with one attached hydrogen (secondary N) is 2. The van der Waals surface area contributed by atoms with E-state index in [-0.39, 0.29) is 11.7 Å². The van der Waals surface area contributed by atoms with Gasteiger partial charge in [0, 0.05) is 6.20 Å². The van der Waals surface area contributed by atoms with Gasteiger partial charge in [0.2, 0.25) is 0 Å². The molecule has 0 bridgehead atoms. The maximum absolute atomic E-state index is 11.7. The van der Waals surface area contributed by atoms with Crippen molar-refractivity contribution >= 4 is 11.6 Å². The molecule has 0 unspecified atom stereocenters. The SMILES string of the molecule is C=C(NNC(=O)c1ccccn1)c1ccc(O)cc1. The molecule has 0 fully saturated rings. The van der Waals surface area contributed by atoms with E-state index in [1.165, 1.54) is 0 Å². The molecule has 0 radical (unpaired) electrons. The molecule has 0 aliphatic rings. The van der Waals surface area contributed by atoms with Gasteiger partial charge >= 0.3 is 0 Å². The van der Waals surface area contributed by atoms with Crippen LogP contribution < -0.4 is 10.9 Å². The Morgan fingerprint density at radius 1 is 1.11 bits per heavy atom. The van der Waals surface area contributed by atoms with Gasteiger partial charge in [0.15, 0.2) is 0 Å². The van der Waals surface area contributed by atoms with E-state index >= 15 is 0 Å². The minimum absolute atomic E-state index is 0.175. The van der Waals surface area contributed by atoms with Crippen molar-refractivity contribution in [2.24, 2.45) is 0 Å². The number of phenolic OH excluding ortho intramolecular Hbond substituents is 1. The van der Waals surface area contributed by atoms with Crippen molar-refractivity contribution in [1.29, 1.82) is 0 Å². The van der Waals surface area contributed by atoms with Crippen molar-refractivity contribution in [3.8, 4) is 5.75 Å². The number of hydrazine groups is 1. The van der Waals surface area contributed by atoms with Crippen molar-refractivity contribution in [3.05, 3.63) is 66.5 Å². The Balaban J connectivity index is 1.94. The number of phenols is 1. The first kappa shape index (κ1) is 12.6. The highest BCUT2D eigenvalue weighted by Crippen LogP contribution is 2.13. The fraction of sp³-hybridized carbons (Fsp3) is 0. The molecule has 0 spiro atoms. The van der Waals surface area contributed by atoms with Crippen LogP contribution in [0.15, 0.2) is 55.2 Å². The molecule has 1 amide bonds. The van der Waals surface area contributed by atoms with E-state index in [0.717, 1.165) is 5.56 Å². The van der Waals surface area contributed by atoms with Gasteiger partial charge in [0.25, 0.3) is 5.91 Å². The number of aromatic nitrogens is 1. The second-order valence-corrected chi connectivity index (χ2v) is 3.82. The summed E-state index contributed by atoms with van der Waals surface area (Å²) in [4.78, 5) is 15.6. The highest BCUT2D eigenvalue weighted by atomic mass is 16.3. The minimum Gasteiger partial charge on any atom is -0.508 e. The summed E-state index contributed by atoms with van der Waals surface area (Å²) in [7, 11) is 0. The number of pyridine rings is 1. The minimum atomic E-state index is -0.347. The van der Waals surface area contributed by atoms with Crippen LogP contribution in [0.2, 0.25) is 0 Å². The summed E-state index contributed by atoms with van der Waals surface area (Å²) < 4.78 is 0. The summed E-state index contributed by atoms with van der Waals surface area (Å²) in [6.45, 7) is 3.79. The number of amides is 1. The van der Waals surface area contributed by atoms with Crippen LogP contribution >= 0.6 is 0 Å². The van der Waals surface area contributed by atoms with Gasteiger partial charge < -0.3 is 5.11 Å². The normalized spacial score (nSPS) is 9.68. The number of carbonyl (C=O) groups is 1. The van der Waals surface area contributed by atoms with E-state index in [4.69, 9.17) is 0 Å². The molecular formula is C14H13N3O2. The molecule has 1 heterocycles. The van der Waals surface area contributed by atoms with E-state index in [1.54, 1.807) is 48.7 Å². The first-order chi connectivity index (χ1) is 9.16. The third-order valence-corrected chi connectivity index (χ3v) is 2.44. The lowest BCUT2D eigenvalue weighted by Crippen LogP contribution is -2.36. The van der Waals surface area contributed by atoms with Gasteiger partial charge in [-0.25, -0.2) is 0 Å². The number of hydrogen-bond acceptors (Lipinski definition) is 4. The largest absolute Gasteiger partial charge is 0.508 e. The average molecular weight is 255 g/mol. The standard InChI is InChI=1S/C14H13N3O2/c1-10(11-5-7-12(18)8-6-11)16-17-14(19)13-4-2-3-9-15-13/h2-9,16,18H,1H2,(H,17,19). The van der Waals surface area contributed by atoms with Crippen molar-refractivity contribution in [1.82, 2.24) is 15.8 Å². The molecule has 1 aromatic carbocycles. The molecule has 0 aliphatic carbocycles. The van der Waals surface area contributed by atoms with E-state index in [2.05, 4.69) is 22.4 Å². The van der Waals surface area contributed by atoms with Crippen LogP contribution in [0.3, 0.4) is 0 Å². The van der Waals surface area contributed by atoms with Crippen molar-refractivity contribution < 1.29 is 9.90 Å². The van der Waals surface area contributed by atoms with Crippen LogP contribution in [0.25, 0.3) is 5.70 Å². The molecule has 96 valence electrons. The van der Waals surface area contributed by atoms with Crippen LogP contribution in [0.1, 0.15) is 16.1 Å². The maximum atomic E-state index is 11.7. The second-order valence-electron chi connectivity index (χ2n) is 3.82. The lowest BCUT2D eigenvalue weighted by molar-refractivity contribution is 0.0937. The summed E-state index contributed by atoms with van der Waals surface area (Å²) >= 11 is 0. The van der Waals surface area contributed by atoms with Gasteiger partial charge in [-0.1, -0.05) is 12.6 Å². The molecule has 0 saturated heterocycles. The number of benzene rings is 1. The first-order valence-corrected chi connectivity index (χ1v) is 5.62. The van der Waals surface area contributed by atoms with E-state index in [1.807, 2.05) is 0 Å². The quantitative estimate of drug-likeness (QED) is 0.727. The molecule has 0 atom stereocenters. The van der Waals surface area contributed by atoms with Crippen LogP contribution in [-0.2, 0) is 0 Å². The van der Waals surface area contributed by atoms with Gasteiger partial charge in [0.05, 0.1) is 5.70 Å². The number of aromatic hydroxyl groups is 1. The molecule has 19 heavy (non-hydrogen) atoms. The fourth-order valence-electron chi connectivity index (χ4n) is 1.43. The molecular weight excluding hydrogens is 242 g/mol. The Morgan fingerprint density at radius 2 is 1.84 bits per heavy atom. The van der Waals surface area contributed by atoms with Crippen molar-refractivity contribution in [2.45, 2.75) is 0 Å². The lowest BCUT2D eigenvalue weighted by atomic mass is 10.2. The Hall–Kier alpha value is -2.82. The summed E-state index contributed by atoms with van der Waals surface area (Å²) in [5.74, 6) is -0.172. The molecule has 5 nitrogen and oxygen atoms in total. The van der Waals surface area contributed by atoms with Crippen LogP contribution in [0, 0.1) is 0 Å². The maximum Gasteiger partial charge on any atom is 0.288 e. The summed E-state index contributed by atoms with van der Waals surface area (Å²) in [6.07, 6.45) is 1.55. The Bertz CT molecular complexity index is 579. The Labute approximate surface area is 110 Å². The van der Waals surface area contributed by atoms with Gasteiger partial charge in [-0.3, -0.25) is 20.6 Å². The summed E-state index contributed by atoms with van der Waals surface area (Å²) in [6, 6.07) is 11.6. The zero-order chi connectivity index (χ0) is 13.7. The van der Waals surface area contributed by atoms with Gasteiger partial charge in [-0.05, 0) is 42.0 Å². The third kappa shape index (κ3) is 3.32. The topological polar surface area (TPSA) is 74.2 Å². The number of nitrogens with zero attached hydrogens (tertiary/aromatic N) is 1. The Kier molecular flexibility index (Phi) is 3.78. The summed E-state index contributed by atoms with van der Waals surface area (Å²) in [5, 5.41) is 9.18. The molecule has 3 N–H and O–H groups in total. The predicted octanol–water partition coefficient (Wildman–Crippen LogP) is 1.69. The molecule has 1 aromatic heterocycles. The van der Waals surface area contributed by atoms with E-state index in [0.29, 0.717) is 11.4 Å². The van der Waals surface area contributed by atoms with E-state index in [9.17, 15) is 9.90 Å². The highest BCUT2D eigenvalue weighted by Gasteiger charge is 2.06. The molecule has 0 saturated carbocycles. The van der Waals surface area contributed by atoms with Gasteiger partial charge in [-0.2, -0.15) is 0 Å². The molecule has 5 heteroatoms. The monoisotopic (exact) mass is 255 g/mol. The number of hydrogen-bond donors (Lipinski definition) is 3. The summed E-state index contributed by atoms with van der Waals surface area (Å²) in [5.41, 5.74) is 6.79. The van der Waals surface area contributed by atoms with Gasteiger partial charge in [0.1, 0.15) is 11.4 Å². The molecule has 0 aliphatic heterocycles. The number of carbonyl (C=O) groups excluding carboxylic acids is 1. The molecule has 2 aromatic rings. The second kappa shape index (κ2) is 5.68. The predicted molar refractivity (Wildman–Crippen MR) is 72.0 cm³/mol. The van der Waals surface area contributed by atoms with E-state index < -0.39 is 0 Å². The lowest BCUT2D eigenvalue weighted by Gasteiger charge is -2.10. The van der Waals surface area contributed by atoms with Crippen LogP contribution in [0.5, 0.6) is 5.75 Å². The fourth-order valence-corrected chi connectivity index (χ4v) is 1.43.